The highest BCUT2D eigenvalue weighted by Crippen LogP contribution is 2.21. The summed E-state index contributed by atoms with van der Waals surface area (Å²) in [5.41, 5.74) is 1.53. The van der Waals surface area contributed by atoms with Crippen LogP contribution in [0, 0.1) is 0 Å². The second kappa shape index (κ2) is 7.27. The minimum atomic E-state index is -0.0917. The molecular formula is C19H18Cl2N4O. The van der Waals surface area contributed by atoms with Gasteiger partial charge in [0.15, 0.2) is 0 Å². The molecule has 5 nitrogen and oxygen atoms in total. The fraction of sp³-hybridized carbons (Fsp3) is 0.263. The summed E-state index contributed by atoms with van der Waals surface area (Å²) in [5.74, 6) is 0.686. The van der Waals surface area contributed by atoms with E-state index in [-0.39, 0.29) is 5.56 Å². The number of hydrogen-bond acceptors (Lipinski definition) is 4. The van der Waals surface area contributed by atoms with E-state index in [9.17, 15) is 4.79 Å². The van der Waals surface area contributed by atoms with Crippen molar-refractivity contribution in [2.75, 3.05) is 31.1 Å². The number of nitrogens with one attached hydrogen (secondary N) is 1. The van der Waals surface area contributed by atoms with Crippen molar-refractivity contribution in [3.63, 3.8) is 0 Å². The zero-order valence-corrected chi connectivity index (χ0v) is 15.6. The molecule has 0 spiro atoms. The van der Waals surface area contributed by atoms with E-state index in [0.29, 0.717) is 33.4 Å². The second-order valence-corrected chi connectivity index (χ2v) is 7.20. The number of hydrogen-bond donors (Lipinski definition) is 1. The van der Waals surface area contributed by atoms with E-state index in [1.54, 1.807) is 22.8 Å². The van der Waals surface area contributed by atoms with Crippen LogP contribution in [-0.2, 0) is 6.54 Å². The lowest BCUT2D eigenvalue weighted by molar-refractivity contribution is 0.564. The maximum absolute atomic E-state index is 13.2. The van der Waals surface area contributed by atoms with E-state index < -0.39 is 0 Å². The smallest absolute Gasteiger partial charge is 0.263 e. The van der Waals surface area contributed by atoms with Crippen LogP contribution in [0.15, 0.2) is 47.3 Å². The van der Waals surface area contributed by atoms with Gasteiger partial charge < -0.3 is 10.2 Å². The van der Waals surface area contributed by atoms with E-state index >= 15 is 0 Å². The Kier molecular flexibility index (Phi) is 4.85. The third-order valence-corrected chi connectivity index (χ3v) is 5.00. The van der Waals surface area contributed by atoms with Gasteiger partial charge in [0.2, 0.25) is 5.95 Å². The van der Waals surface area contributed by atoms with Crippen LogP contribution in [0.1, 0.15) is 5.56 Å². The Balaban J connectivity index is 1.88. The summed E-state index contributed by atoms with van der Waals surface area (Å²) in [6, 6.07) is 12.8. The Labute approximate surface area is 161 Å². The molecule has 0 saturated carbocycles. The molecule has 4 rings (SSSR count). The third kappa shape index (κ3) is 3.43. The Bertz CT molecular complexity index is 1010. The van der Waals surface area contributed by atoms with Gasteiger partial charge in [0.05, 0.1) is 17.4 Å². The first-order valence-electron chi connectivity index (χ1n) is 8.52. The van der Waals surface area contributed by atoms with E-state index in [1.807, 2.05) is 24.3 Å². The van der Waals surface area contributed by atoms with Crippen molar-refractivity contribution < 1.29 is 0 Å². The van der Waals surface area contributed by atoms with Crippen LogP contribution in [0.2, 0.25) is 10.0 Å². The van der Waals surface area contributed by atoms with E-state index in [1.165, 1.54) is 0 Å². The lowest BCUT2D eigenvalue weighted by atomic mass is 10.2. The van der Waals surface area contributed by atoms with Gasteiger partial charge in [0.1, 0.15) is 0 Å². The van der Waals surface area contributed by atoms with Gasteiger partial charge in [-0.15, -0.1) is 0 Å². The van der Waals surface area contributed by atoms with E-state index in [0.717, 1.165) is 31.7 Å². The summed E-state index contributed by atoms with van der Waals surface area (Å²) in [5, 5.41) is 5.03. The molecule has 1 aliphatic rings. The Morgan fingerprint density at radius 2 is 1.81 bits per heavy atom. The number of fused-ring (bicyclic) bond motifs is 1. The monoisotopic (exact) mass is 388 g/mol. The van der Waals surface area contributed by atoms with Gasteiger partial charge in [0, 0.05) is 36.2 Å². The minimum absolute atomic E-state index is 0.0917. The topological polar surface area (TPSA) is 50.2 Å². The fourth-order valence-electron chi connectivity index (χ4n) is 3.25. The van der Waals surface area contributed by atoms with Gasteiger partial charge >= 0.3 is 0 Å². The summed E-state index contributed by atoms with van der Waals surface area (Å²) in [4.78, 5) is 20.2. The molecule has 26 heavy (non-hydrogen) atoms. The number of anilines is 1. The maximum Gasteiger partial charge on any atom is 0.263 e. The molecule has 0 unspecified atom stereocenters. The molecule has 3 aromatic rings. The van der Waals surface area contributed by atoms with E-state index in [2.05, 4.69) is 10.2 Å². The molecule has 0 aliphatic carbocycles. The molecule has 0 bridgehead atoms. The van der Waals surface area contributed by atoms with Crippen molar-refractivity contribution >= 4 is 40.1 Å². The Morgan fingerprint density at radius 3 is 2.58 bits per heavy atom. The zero-order valence-electron chi connectivity index (χ0n) is 14.1. The molecule has 0 amide bonds. The lowest BCUT2D eigenvalue weighted by Crippen LogP contribution is -2.46. The summed E-state index contributed by atoms with van der Waals surface area (Å²) in [6.45, 7) is 3.76. The summed E-state index contributed by atoms with van der Waals surface area (Å²) < 4.78 is 1.72. The number of halogens is 2. The number of benzene rings is 2. The second-order valence-electron chi connectivity index (χ2n) is 6.33. The summed E-state index contributed by atoms with van der Waals surface area (Å²) in [7, 11) is 0. The predicted molar refractivity (Wildman–Crippen MR) is 107 cm³/mol. The average molecular weight is 389 g/mol. The first kappa shape index (κ1) is 17.3. The highest BCUT2D eigenvalue weighted by molar-refractivity contribution is 6.31. The molecule has 2 aromatic carbocycles. The first-order chi connectivity index (χ1) is 12.6. The average Bonchev–Trinajstić information content (AvgIpc) is 2.65. The predicted octanol–water partition coefficient (Wildman–Crippen LogP) is 3.16. The van der Waals surface area contributed by atoms with Crippen molar-refractivity contribution in [2.45, 2.75) is 6.54 Å². The molecule has 1 aliphatic heterocycles. The Hall–Kier alpha value is -2.08. The standard InChI is InChI=1S/C19H18Cl2N4O/c20-14-3-1-2-13(10-14)12-25-18(26)16-11-15(21)4-5-17(16)23-19(25)24-8-6-22-7-9-24/h1-5,10-11,22H,6-9,12H2. The third-order valence-electron chi connectivity index (χ3n) is 4.53. The Morgan fingerprint density at radius 1 is 1.04 bits per heavy atom. The molecule has 134 valence electrons. The fourth-order valence-corrected chi connectivity index (χ4v) is 3.63. The summed E-state index contributed by atoms with van der Waals surface area (Å²) in [6.07, 6.45) is 0. The number of piperazine rings is 1. The van der Waals surface area contributed by atoms with Crippen LogP contribution in [-0.4, -0.2) is 35.7 Å². The molecule has 1 saturated heterocycles. The van der Waals surface area contributed by atoms with Crippen LogP contribution >= 0.6 is 23.2 Å². The largest absolute Gasteiger partial charge is 0.340 e. The molecule has 7 heteroatoms. The van der Waals surface area contributed by atoms with Crippen LogP contribution in [0.25, 0.3) is 10.9 Å². The molecule has 1 aromatic heterocycles. The van der Waals surface area contributed by atoms with Crippen LogP contribution < -0.4 is 15.8 Å². The number of aromatic nitrogens is 2. The van der Waals surface area contributed by atoms with Crippen LogP contribution in [0.3, 0.4) is 0 Å². The van der Waals surface area contributed by atoms with Crippen molar-refractivity contribution in [1.82, 2.24) is 14.9 Å². The normalized spacial score (nSPS) is 14.8. The van der Waals surface area contributed by atoms with Gasteiger partial charge in [-0.1, -0.05) is 35.3 Å². The van der Waals surface area contributed by atoms with Gasteiger partial charge in [0.25, 0.3) is 5.56 Å². The molecule has 0 radical (unpaired) electrons. The maximum atomic E-state index is 13.2. The highest BCUT2D eigenvalue weighted by Gasteiger charge is 2.19. The van der Waals surface area contributed by atoms with Gasteiger partial charge in [-0.3, -0.25) is 9.36 Å². The molecule has 1 N–H and O–H groups in total. The van der Waals surface area contributed by atoms with Crippen LogP contribution in [0.4, 0.5) is 5.95 Å². The van der Waals surface area contributed by atoms with Gasteiger partial charge in [-0.05, 0) is 35.9 Å². The molecule has 0 atom stereocenters. The first-order valence-corrected chi connectivity index (χ1v) is 9.27. The van der Waals surface area contributed by atoms with Crippen molar-refractivity contribution in [2.24, 2.45) is 0 Å². The van der Waals surface area contributed by atoms with E-state index in [4.69, 9.17) is 28.2 Å². The molecule has 1 fully saturated rings. The van der Waals surface area contributed by atoms with Crippen molar-refractivity contribution in [1.29, 1.82) is 0 Å². The van der Waals surface area contributed by atoms with Gasteiger partial charge in [-0.25, -0.2) is 4.98 Å². The molecule has 2 heterocycles. The minimum Gasteiger partial charge on any atom is -0.340 e. The summed E-state index contributed by atoms with van der Waals surface area (Å²) >= 11 is 12.2. The van der Waals surface area contributed by atoms with Gasteiger partial charge in [-0.2, -0.15) is 0 Å². The van der Waals surface area contributed by atoms with Crippen molar-refractivity contribution in [3.8, 4) is 0 Å². The SMILES string of the molecule is O=c1c2cc(Cl)ccc2nc(N2CCNCC2)n1Cc1cccc(Cl)c1. The lowest BCUT2D eigenvalue weighted by Gasteiger charge is -2.30. The highest BCUT2D eigenvalue weighted by atomic mass is 35.5. The number of rotatable bonds is 3. The molecular weight excluding hydrogens is 371 g/mol. The zero-order chi connectivity index (χ0) is 18.1. The quantitative estimate of drug-likeness (QED) is 0.748. The van der Waals surface area contributed by atoms with Crippen LogP contribution in [0.5, 0.6) is 0 Å². The van der Waals surface area contributed by atoms with Crippen molar-refractivity contribution in [3.05, 3.63) is 68.4 Å². The number of nitrogens with zero attached hydrogens (tertiary/aromatic N) is 3.